The van der Waals surface area contributed by atoms with E-state index in [9.17, 15) is 9.59 Å². The molecule has 0 aliphatic rings. The molecule has 0 saturated heterocycles. The number of anilines is 1. The first kappa shape index (κ1) is 15.3. The summed E-state index contributed by atoms with van der Waals surface area (Å²) in [7, 11) is 0. The molecule has 0 fully saturated rings. The predicted octanol–water partition coefficient (Wildman–Crippen LogP) is 4.77. The zero-order valence-corrected chi connectivity index (χ0v) is 13.5. The molecule has 0 spiro atoms. The minimum absolute atomic E-state index is 0.0148. The number of amides is 1. The molecule has 4 nitrogen and oxygen atoms in total. The van der Waals surface area contributed by atoms with Gasteiger partial charge < -0.3 is 10.4 Å². The Bertz CT molecular complexity index is 702. The highest BCUT2D eigenvalue weighted by molar-refractivity contribution is 9.10. The number of carboxylic acids is 1. The zero-order valence-electron chi connectivity index (χ0n) is 9.62. The third-order valence-electron chi connectivity index (χ3n) is 2.36. The third-order valence-corrected chi connectivity index (χ3v) is 4.34. The first-order valence-electron chi connectivity index (χ1n) is 5.17. The highest BCUT2D eigenvalue weighted by Gasteiger charge is 2.17. The topological polar surface area (TPSA) is 66.4 Å². The Morgan fingerprint density at radius 2 is 1.90 bits per heavy atom. The summed E-state index contributed by atoms with van der Waals surface area (Å²) in [4.78, 5) is 23.2. The molecule has 1 heterocycles. The molecular formula is C12H6BrCl2NO3S. The molecule has 0 radical (unpaired) electrons. The number of hydrogen-bond donors (Lipinski definition) is 2. The summed E-state index contributed by atoms with van der Waals surface area (Å²) in [6, 6.07) is 5.91. The number of halogens is 3. The van der Waals surface area contributed by atoms with Gasteiger partial charge >= 0.3 is 5.97 Å². The number of rotatable bonds is 3. The van der Waals surface area contributed by atoms with Crippen LogP contribution >= 0.6 is 50.5 Å². The van der Waals surface area contributed by atoms with Gasteiger partial charge in [-0.2, -0.15) is 0 Å². The largest absolute Gasteiger partial charge is 0.478 e. The number of carboxylic acid groups (broad SMARTS) is 1. The van der Waals surface area contributed by atoms with Gasteiger partial charge in [0.2, 0.25) is 0 Å². The molecular weight excluding hydrogens is 389 g/mol. The SMILES string of the molecule is O=C(O)c1ccc(Br)cc1NC(=O)c1cc(Cl)sc1Cl. The molecule has 2 aromatic rings. The highest BCUT2D eigenvalue weighted by Crippen LogP contribution is 2.32. The number of hydrogen-bond acceptors (Lipinski definition) is 3. The summed E-state index contributed by atoms with van der Waals surface area (Å²) >= 11 is 15.9. The van der Waals surface area contributed by atoms with Crippen molar-refractivity contribution in [3.05, 3.63) is 48.5 Å². The van der Waals surface area contributed by atoms with Gasteiger partial charge in [0.25, 0.3) is 5.91 Å². The minimum Gasteiger partial charge on any atom is -0.478 e. The van der Waals surface area contributed by atoms with Crippen LogP contribution in [0.15, 0.2) is 28.7 Å². The molecule has 0 aliphatic carbocycles. The van der Waals surface area contributed by atoms with Crippen LogP contribution in [0.1, 0.15) is 20.7 Å². The van der Waals surface area contributed by atoms with E-state index < -0.39 is 11.9 Å². The fourth-order valence-corrected chi connectivity index (χ4v) is 3.31. The van der Waals surface area contributed by atoms with E-state index in [0.29, 0.717) is 8.81 Å². The van der Waals surface area contributed by atoms with Crippen molar-refractivity contribution < 1.29 is 14.7 Å². The maximum atomic E-state index is 12.1. The summed E-state index contributed by atoms with van der Waals surface area (Å²) in [5.41, 5.74) is 0.368. The summed E-state index contributed by atoms with van der Waals surface area (Å²) in [6.07, 6.45) is 0. The predicted molar refractivity (Wildman–Crippen MR) is 83.4 cm³/mol. The van der Waals surface area contributed by atoms with Crippen LogP contribution in [0, 0.1) is 0 Å². The fourth-order valence-electron chi connectivity index (χ4n) is 1.49. The maximum Gasteiger partial charge on any atom is 0.337 e. The highest BCUT2D eigenvalue weighted by atomic mass is 79.9. The normalized spacial score (nSPS) is 10.3. The Morgan fingerprint density at radius 3 is 2.45 bits per heavy atom. The first-order valence-corrected chi connectivity index (χ1v) is 7.54. The lowest BCUT2D eigenvalue weighted by atomic mass is 10.1. The van der Waals surface area contributed by atoms with Crippen molar-refractivity contribution >= 4 is 68.0 Å². The number of thiophene rings is 1. The lowest BCUT2D eigenvalue weighted by Crippen LogP contribution is -2.14. The summed E-state index contributed by atoms with van der Waals surface area (Å²) < 4.78 is 1.28. The quantitative estimate of drug-likeness (QED) is 0.787. The van der Waals surface area contributed by atoms with Crippen molar-refractivity contribution in [3.63, 3.8) is 0 Å². The Balaban J connectivity index is 2.34. The Morgan fingerprint density at radius 1 is 1.20 bits per heavy atom. The van der Waals surface area contributed by atoms with E-state index >= 15 is 0 Å². The van der Waals surface area contributed by atoms with Gasteiger partial charge in [-0.3, -0.25) is 4.79 Å². The minimum atomic E-state index is -1.14. The molecule has 0 aliphatic heterocycles. The van der Waals surface area contributed by atoms with Crippen molar-refractivity contribution in [2.45, 2.75) is 0 Å². The average Bonchev–Trinajstić information content (AvgIpc) is 2.68. The van der Waals surface area contributed by atoms with E-state index in [4.69, 9.17) is 28.3 Å². The number of carbonyl (C=O) groups is 2. The van der Waals surface area contributed by atoms with E-state index in [1.807, 2.05) is 0 Å². The molecule has 1 aromatic heterocycles. The van der Waals surface area contributed by atoms with Crippen LogP contribution in [-0.4, -0.2) is 17.0 Å². The molecule has 0 saturated carbocycles. The molecule has 1 amide bonds. The van der Waals surface area contributed by atoms with Gasteiger partial charge in [-0.25, -0.2) is 4.79 Å². The summed E-state index contributed by atoms with van der Waals surface area (Å²) in [5, 5.41) is 11.6. The van der Waals surface area contributed by atoms with E-state index in [-0.39, 0.29) is 21.2 Å². The van der Waals surface area contributed by atoms with Gasteiger partial charge in [-0.05, 0) is 24.3 Å². The lowest BCUT2D eigenvalue weighted by molar-refractivity contribution is 0.0698. The van der Waals surface area contributed by atoms with Crippen LogP contribution in [0.4, 0.5) is 5.69 Å². The summed E-state index contributed by atoms with van der Waals surface area (Å²) in [5.74, 6) is -1.65. The zero-order chi connectivity index (χ0) is 14.9. The van der Waals surface area contributed by atoms with E-state index in [2.05, 4.69) is 21.2 Å². The second kappa shape index (κ2) is 6.13. The van der Waals surface area contributed by atoms with Gasteiger partial charge in [-0.15, -0.1) is 11.3 Å². The van der Waals surface area contributed by atoms with Crippen LogP contribution in [0.2, 0.25) is 8.67 Å². The van der Waals surface area contributed by atoms with E-state index in [0.717, 1.165) is 11.3 Å². The van der Waals surface area contributed by atoms with Gasteiger partial charge in [0.05, 0.1) is 21.2 Å². The van der Waals surface area contributed by atoms with Gasteiger partial charge in [0, 0.05) is 4.47 Å². The molecule has 0 bridgehead atoms. The lowest BCUT2D eigenvalue weighted by Gasteiger charge is -2.08. The molecule has 8 heteroatoms. The molecule has 2 N–H and O–H groups in total. The third kappa shape index (κ3) is 3.32. The Kier molecular flexibility index (Phi) is 4.70. The van der Waals surface area contributed by atoms with Crippen LogP contribution in [-0.2, 0) is 0 Å². The standard InChI is InChI=1S/C12H6BrCl2NO3S/c13-5-1-2-6(12(18)19)8(3-5)16-11(17)7-4-9(14)20-10(7)15/h1-4H,(H,16,17)(H,18,19). The van der Waals surface area contributed by atoms with Crippen molar-refractivity contribution in [1.29, 1.82) is 0 Å². The molecule has 20 heavy (non-hydrogen) atoms. The first-order chi connectivity index (χ1) is 9.38. The van der Waals surface area contributed by atoms with Crippen molar-refractivity contribution in [3.8, 4) is 0 Å². The van der Waals surface area contributed by atoms with Gasteiger partial charge in [0.1, 0.15) is 4.34 Å². The molecule has 0 atom stereocenters. The van der Waals surface area contributed by atoms with E-state index in [1.54, 1.807) is 6.07 Å². The number of aromatic carboxylic acids is 1. The van der Waals surface area contributed by atoms with Gasteiger partial charge in [-0.1, -0.05) is 39.1 Å². The van der Waals surface area contributed by atoms with Crippen LogP contribution in [0.25, 0.3) is 0 Å². The van der Waals surface area contributed by atoms with Crippen molar-refractivity contribution in [1.82, 2.24) is 0 Å². The molecule has 104 valence electrons. The number of benzene rings is 1. The average molecular weight is 395 g/mol. The second-order valence-electron chi connectivity index (χ2n) is 3.69. The fraction of sp³-hybridized carbons (Fsp3) is 0. The summed E-state index contributed by atoms with van der Waals surface area (Å²) in [6.45, 7) is 0. The second-order valence-corrected chi connectivity index (χ2v) is 6.89. The molecule has 2 rings (SSSR count). The van der Waals surface area contributed by atoms with Crippen LogP contribution < -0.4 is 5.32 Å². The van der Waals surface area contributed by atoms with E-state index in [1.165, 1.54) is 18.2 Å². The van der Waals surface area contributed by atoms with Gasteiger partial charge in [0.15, 0.2) is 0 Å². The monoisotopic (exact) mass is 393 g/mol. The molecule has 1 aromatic carbocycles. The maximum absolute atomic E-state index is 12.1. The Hall–Kier alpha value is -1.08. The molecule has 0 unspecified atom stereocenters. The van der Waals surface area contributed by atoms with Crippen LogP contribution in [0.3, 0.4) is 0 Å². The number of carbonyl (C=O) groups excluding carboxylic acids is 1. The van der Waals surface area contributed by atoms with Crippen LogP contribution in [0.5, 0.6) is 0 Å². The Labute approximate surface area is 136 Å². The number of nitrogens with one attached hydrogen (secondary N) is 1. The smallest absolute Gasteiger partial charge is 0.337 e. The van der Waals surface area contributed by atoms with Crippen molar-refractivity contribution in [2.75, 3.05) is 5.32 Å². The van der Waals surface area contributed by atoms with Crippen molar-refractivity contribution in [2.24, 2.45) is 0 Å².